The van der Waals surface area contributed by atoms with E-state index in [0.717, 1.165) is 12.1 Å². The monoisotopic (exact) mass is 263 g/mol. The Kier molecular flexibility index (Phi) is 4.55. The van der Waals surface area contributed by atoms with Crippen LogP contribution < -0.4 is 5.32 Å². The number of aromatic carboxylic acids is 1. The number of benzene rings is 1. The number of nitrogens with one attached hydrogen (secondary N) is 1. The molecule has 0 heterocycles. The van der Waals surface area contributed by atoms with Gasteiger partial charge in [-0.3, -0.25) is 0 Å². The lowest BCUT2D eigenvalue weighted by Crippen LogP contribution is -2.14. The molecule has 0 radical (unpaired) electrons. The highest BCUT2D eigenvalue weighted by Gasteiger charge is 2.35. The molecule has 2 N–H and O–H groups in total. The van der Waals surface area contributed by atoms with E-state index in [9.17, 15) is 18.0 Å². The van der Waals surface area contributed by atoms with Gasteiger partial charge >= 0.3 is 12.1 Å². The Balaban J connectivity index is 3.01. The van der Waals surface area contributed by atoms with Crippen LogP contribution >= 0.6 is 0 Å². The molecule has 1 rings (SSSR count). The van der Waals surface area contributed by atoms with Crippen molar-refractivity contribution in [3.05, 3.63) is 29.3 Å². The van der Waals surface area contributed by atoms with Gasteiger partial charge in [0.05, 0.1) is 17.7 Å². The molecule has 100 valence electrons. The lowest BCUT2D eigenvalue weighted by Gasteiger charge is -2.12. The fourth-order valence-electron chi connectivity index (χ4n) is 1.38. The molecule has 0 aliphatic rings. The molecular weight excluding hydrogens is 251 g/mol. The predicted octanol–water partition coefficient (Wildman–Crippen LogP) is 2.46. The second-order valence-electron chi connectivity index (χ2n) is 3.48. The summed E-state index contributed by atoms with van der Waals surface area (Å²) in [6, 6.07) is 2.89. The molecule has 0 bridgehead atoms. The van der Waals surface area contributed by atoms with Gasteiger partial charge in [0, 0.05) is 19.3 Å². The van der Waals surface area contributed by atoms with Crippen LogP contribution in [0, 0.1) is 0 Å². The zero-order valence-electron chi connectivity index (χ0n) is 9.54. The van der Waals surface area contributed by atoms with Gasteiger partial charge in [0.25, 0.3) is 0 Å². The number of hydrogen-bond donors (Lipinski definition) is 2. The highest BCUT2D eigenvalue weighted by atomic mass is 19.4. The van der Waals surface area contributed by atoms with E-state index in [1.54, 1.807) is 0 Å². The van der Waals surface area contributed by atoms with E-state index in [-0.39, 0.29) is 0 Å². The summed E-state index contributed by atoms with van der Waals surface area (Å²) < 4.78 is 42.4. The minimum absolute atomic E-state index is 0.303. The van der Waals surface area contributed by atoms with E-state index in [4.69, 9.17) is 9.84 Å². The summed E-state index contributed by atoms with van der Waals surface area (Å²) in [6.07, 6.45) is -4.68. The first-order chi connectivity index (χ1) is 8.36. The maximum absolute atomic E-state index is 12.5. The van der Waals surface area contributed by atoms with Gasteiger partial charge in [-0.1, -0.05) is 0 Å². The quantitative estimate of drug-likeness (QED) is 0.801. The second kappa shape index (κ2) is 5.72. The molecule has 0 unspecified atom stereocenters. The first-order valence-electron chi connectivity index (χ1n) is 5.03. The van der Waals surface area contributed by atoms with E-state index in [1.807, 2.05) is 0 Å². The smallest absolute Gasteiger partial charge is 0.417 e. The molecule has 1 aromatic carbocycles. The Morgan fingerprint density at radius 3 is 2.61 bits per heavy atom. The Morgan fingerprint density at radius 1 is 1.44 bits per heavy atom. The molecule has 0 aromatic heterocycles. The van der Waals surface area contributed by atoms with Crippen LogP contribution in [-0.2, 0) is 10.9 Å². The highest BCUT2D eigenvalue weighted by molar-refractivity contribution is 5.91. The van der Waals surface area contributed by atoms with Crippen molar-refractivity contribution >= 4 is 11.7 Å². The lowest BCUT2D eigenvalue weighted by molar-refractivity contribution is -0.138. The van der Waals surface area contributed by atoms with Gasteiger partial charge in [0.15, 0.2) is 0 Å². The molecule has 0 saturated carbocycles. The molecule has 0 aliphatic carbocycles. The van der Waals surface area contributed by atoms with Crippen LogP contribution in [0.2, 0.25) is 0 Å². The van der Waals surface area contributed by atoms with Crippen LogP contribution in [0.15, 0.2) is 18.2 Å². The Labute approximate surface area is 101 Å². The third-order valence-electron chi connectivity index (χ3n) is 2.19. The topological polar surface area (TPSA) is 58.6 Å². The van der Waals surface area contributed by atoms with E-state index in [0.29, 0.717) is 18.8 Å². The van der Waals surface area contributed by atoms with E-state index >= 15 is 0 Å². The van der Waals surface area contributed by atoms with Crippen LogP contribution in [0.4, 0.5) is 18.9 Å². The molecule has 0 saturated heterocycles. The van der Waals surface area contributed by atoms with Crippen molar-refractivity contribution in [2.45, 2.75) is 6.18 Å². The van der Waals surface area contributed by atoms with Crippen molar-refractivity contribution in [3.63, 3.8) is 0 Å². The van der Waals surface area contributed by atoms with Gasteiger partial charge in [-0.2, -0.15) is 13.2 Å². The van der Waals surface area contributed by atoms with Crippen molar-refractivity contribution in [3.8, 4) is 0 Å². The van der Waals surface area contributed by atoms with Crippen LogP contribution in [0.1, 0.15) is 15.9 Å². The summed E-state index contributed by atoms with van der Waals surface area (Å²) in [7, 11) is 1.48. The number of halogens is 3. The minimum Gasteiger partial charge on any atom is -0.478 e. The first-order valence-corrected chi connectivity index (χ1v) is 5.03. The fourth-order valence-corrected chi connectivity index (χ4v) is 1.38. The number of methoxy groups -OCH3 is 1. The van der Waals surface area contributed by atoms with Gasteiger partial charge < -0.3 is 15.2 Å². The number of hydrogen-bond acceptors (Lipinski definition) is 3. The van der Waals surface area contributed by atoms with Gasteiger partial charge in [0.2, 0.25) is 0 Å². The van der Waals surface area contributed by atoms with Gasteiger partial charge in [0.1, 0.15) is 0 Å². The molecule has 1 aromatic rings. The number of carboxylic acid groups (broad SMARTS) is 1. The maximum Gasteiger partial charge on any atom is 0.417 e. The van der Waals surface area contributed by atoms with Crippen molar-refractivity contribution in [2.75, 3.05) is 25.6 Å². The molecule has 0 atom stereocenters. The first kappa shape index (κ1) is 14.3. The van der Waals surface area contributed by atoms with Gasteiger partial charge in [-0.15, -0.1) is 0 Å². The minimum atomic E-state index is -4.68. The fraction of sp³-hybridized carbons (Fsp3) is 0.364. The number of anilines is 1. The Morgan fingerprint density at radius 2 is 2.11 bits per heavy atom. The summed E-state index contributed by atoms with van der Waals surface area (Å²) in [5.41, 5.74) is -1.63. The van der Waals surface area contributed by atoms with Crippen molar-refractivity contribution in [1.29, 1.82) is 0 Å². The molecule has 4 nitrogen and oxygen atoms in total. The summed E-state index contributed by atoms with van der Waals surface area (Å²) in [5.74, 6) is -1.61. The molecule has 0 spiro atoms. The number of alkyl halides is 3. The van der Waals surface area contributed by atoms with Crippen LogP contribution in [0.25, 0.3) is 0 Å². The van der Waals surface area contributed by atoms with Crippen LogP contribution in [-0.4, -0.2) is 31.3 Å². The normalized spacial score (nSPS) is 11.3. The summed E-state index contributed by atoms with van der Waals surface area (Å²) in [6.45, 7) is 0.740. The maximum atomic E-state index is 12.5. The van der Waals surface area contributed by atoms with Gasteiger partial charge in [-0.05, 0) is 18.2 Å². The standard InChI is InChI=1S/C11H12F3NO3/c1-18-5-4-15-7-2-3-9(11(12,13)14)8(6-7)10(16)17/h2-3,6,15H,4-5H2,1H3,(H,16,17). The third kappa shape index (κ3) is 3.63. The number of ether oxygens (including phenoxy) is 1. The summed E-state index contributed by atoms with van der Waals surface area (Å²) in [4.78, 5) is 10.8. The Hall–Kier alpha value is -1.76. The zero-order valence-corrected chi connectivity index (χ0v) is 9.54. The number of carboxylic acids is 1. The van der Waals surface area contributed by atoms with Crippen molar-refractivity contribution in [1.82, 2.24) is 0 Å². The number of carbonyl (C=O) groups is 1. The largest absolute Gasteiger partial charge is 0.478 e. The van der Waals surface area contributed by atoms with Crippen molar-refractivity contribution in [2.24, 2.45) is 0 Å². The second-order valence-corrected chi connectivity index (χ2v) is 3.48. The Bertz CT molecular complexity index is 432. The van der Waals surface area contributed by atoms with E-state index < -0.39 is 23.3 Å². The molecule has 18 heavy (non-hydrogen) atoms. The summed E-state index contributed by atoms with van der Waals surface area (Å²) >= 11 is 0. The van der Waals surface area contributed by atoms with Crippen LogP contribution in [0.5, 0.6) is 0 Å². The van der Waals surface area contributed by atoms with Crippen LogP contribution in [0.3, 0.4) is 0 Å². The highest BCUT2D eigenvalue weighted by Crippen LogP contribution is 2.33. The average Bonchev–Trinajstić information content (AvgIpc) is 2.27. The molecule has 0 amide bonds. The predicted molar refractivity (Wildman–Crippen MR) is 58.8 cm³/mol. The van der Waals surface area contributed by atoms with Crippen molar-refractivity contribution < 1.29 is 27.8 Å². The van der Waals surface area contributed by atoms with E-state index in [2.05, 4.69) is 5.32 Å². The summed E-state index contributed by atoms with van der Waals surface area (Å²) in [5, 5.41) is 11.5. The third-order valence-corrected chi connectivity index (χ3v) is 2.19. The molecule has 0 fully saturated rings. The van der Waals surface area contributed by atoms with E-state index in [1.165, 1.54) is 13.2 Å². The average molecular weight is 263 g/mol. The molecular formula is C11H12F3NO3. The lowest BCUT2D eigenvalue weighted by atomic mass is 10.1. The SMILES string of the molecule is COCCNc1ccc(C(F)(F)F)c(C(=O)O)c1. The number of rotatable bonds is 5. The molecule has 0 aliphatic heterocycles. The zero-order chi connectivity index (χ0) is 13.8. The molecule has 7 heteroatoms. The van der Waals surface area contributed by atoms with Gasteiger partial charge in [-0.25, -0.2) is 4.79 Å².